The Labute approximate surface area is 101 Å². The summed E-state index contributed by atoms with van der Waals surface area (Å²) in [5, 5.41) is 0. The van der Waals surface area contributed by atoms with E-state index < -0.39 is 0 Å². The fourth-order valence-electron chi connectivity index (χ4n) is 1.43. The Kier molecular flexibility index (Phi) is 4.97. The van der Waals surface area contributed by atoms with Crippen LogP contribution in [0.15, 0.2) is 18.2 Å². The minimum Gasteiger partial charge on any atom is -0.497 e. The van der Waals surface area contributed by atoms with Crippen LogP contribution in [0.2, 0.25) is 0 Å². The normalized spacial score (nSPS) is 12.0. The minimum absolute atomic E-state index is 0.0107. The Morgan fingerprint density at radius 3 is 2.06 bits per heavy atom. The third kappa shape index (κ3) is 3.75. The second-order valence-corrected chi connectivity index (χ2v) is 3.77. The molecule has 0 aliphatic heterocycles. The van der Waals surface area contributed by atoms with Crippen LogP contribution in [-0.2, 0) is 4.74 Å². The van der Waals surface area contributed by atoms with Crippen molar-refractivity contribution in [3.05, 3.63) is 23.8 Å². The van der Waals surface area contributed by atoms with Gasteiger partial charge in [-0.2, -0.15) is 0 Å². The number of hydrogen-bond acceptors (Lipinski definition) is 4. The maximum absolute atomic E-state index is 12.0. The molecule has 1 unspecified atom stereocenters. The number of methoxy groups -OCH3 is 3. The summed E-state index contributed by atoms with van der Waals surface area (Å²) < 4.78 is 15.3. The second-order valence-electron chi connectivity index (χ2n) is 3.77. The number of benzene rings is 1. The van der Waals surface area contributed by atoms with Crippen LogP contribution in [0.5, 0.6) is 11.5 Å². The third-order valence-corrected chi connectivity index (χ3v) is 2.55. The molecule has 0 spiro atoms. The molecule has 1 rings (SSSR count). The molecule has 17 heavy (non-hydrogen) atoms. The lowest BCUT2D eigenvalue weighted by molar-refractivity contribution is 0.0791. The first-order valence-electron chi connectivity index (χ1n) is 5.39. The van der Waals surface area contributed by atoms with Crippen molar-refractivity contribution in [1.82, 2.24) is 0 Å². The van der Waals surface area contributed by atoms with Crippen molar-refractivity contribution in [2.75, 3.05) is 21.3 Å². The van der Waals surface area contributed by atoms with Crippen molar-refractivity contribution in [1.29, 1.82) is 0 Å². The highest BCUT2D eigenvalue weighted by molar-refractivity contribution is 5.97. The maximum atomic E-state index is 12.0. The van der Waals surface area contributed by atoms with E-state index in [1.165, 1.54) is 0 Å². The van der Waals surface area contributed by atoms with Crippen molar-refractivity contribution in [3.8, 4) is 11.5 Å². The van der Waals surface area contributed by atoms with E-state index in [1.54, 1.807) is 39.5 Å². The number of carbonyl (C=O) groups is 1. The highest BCUT2D eigenvalue weighted by Gasteiger charge is 2.13. The van der Waals surface area contributed by atoms with Crippen molar-refractivity contribution in [2.45, 2.75) is 19.4 Å². The molecule has 0 aromatic heterocycles. The predicted octanol–water partition coefficient (Wildman–Crippen LogP) is 2.31. The van der Waals surface area contributed by atoms with Gasteiger partial charge >= 0.3 is 0 Å². The van der Waals surface area contributed by atoms with Gasteiger partial charge in [0.05, 0.1) is 20.3 Å². The number of ketones is 1. The molecular formula is C13H18O4. The van der Waals surface area contributed by atoms with Crippen molar-refractivity contribution in [3.63, 3.8) is 0 Å². The monoisotopic (exact) mass is 238 g/mol. The van der Waals surface area contributed by atoms with E-state index in [2.05, 4.69) is 0 Å². The quantitative estimate of drug-likeness (QED) is 0.713. The highest BCUT2D eigenvalue weighted by atomic mass is 16.5. The molecule has 4 nitrogen and oxygen atoms in total. The molecule has 0 aliphatic carbocycles. The summed E-state index contributed by atoms with van der Waals surface area (Å²) in [5.41, 5.74) is 0.574. The Morgan fingerprint density at radius 1 is 1.12 bits per heavy atom. The summed E-state index contributed by atoms with van der Waals surface area (Å²) in [7, 11) is 4.70. The van der Waals surface area contributed by atoms with Gasteiger partial charge in [-0.25, -0.2) is 0 Å². The topological polar surface area (TPSA) is 44.8 Å². The van der Waals surface area contributed by atoms with Gasteiger partial charge in [0, 0.05) is 25.2 Å². The predicted molar refractivity (Wildman–Crippen MR) is 65.0 cm³/mol. The molecule has 1 aromatic rings. The SMILES string of the molecule is COc1cc(OC)cc(C(=O)CC(C)OC)c1. The van der Waals surface area contributed by atoms with Gasteiger partial charge in [-0.05, 0) is 19.1 Å². The maximum Gasteiger partial charge on any atom is 0.165 e. The Morgan fingerprint density at radius 2 is 1.65 bits per heavy atom. The van der Waals surface area contributed by atoms with Crippen molar-refractivity contribution >= 4 is 5.78 Å². The smallest absolute Gasteiger partial charge is 0.165 e. The molecule has 0 bridgehead atoms. The largest absolute Gasteiger partial charge is 0.497 e. The lowest BCUT2D eigenvalue weighted by atomic mass is 10.1. The molecule has 0 radical (unpaired) electrons. The first kappa shape index (κ1) is 13.5. The molecule has 1 atom stereocenters. The van der Waals surface area contributed by atoms with Crippen molar-refractivity contribution in [2.24, 2.45) is 0 Å². The standard InChI is InChI=1S/C13H18O4/c1-9(15-2)5-13(14)10-6-11(16-3)8-12(7-10)17-4/h6-9H,5H2,1-4H3. The first-order valence-corrected chi connectivity index (χ1v) is 5.39. The summed E-state index contributed by atoms with van der Waals surface area (Å²) >= 11 is 0. The molecule has 0 aliphatic rings. The average molecular weight is 238 g/mol. The lowest BCUT2D eigenvalue weighted by Gasteiger charge is -2.10. The zero-order chi connectivity index (χ0) is 12.8. The minimum atomic E-state index is -0.0975. The molecule has 0 saturated heterocycles. The molecule has 0 amide bonds. The van der Waals surface area contributed by atoms with Crippen LogP contribution in [-0.4, -0.2) is 33.2 Å². The molecule has 0 N–H and O–H groups in total. The van der Waals surface area contributed by atoms with E-state index in [4.69, 9.17) is 14.2 Å². The Hall–Kier alpha value is -1.55. The van der Waals surface area contributed by atoms with E-state index in [9.17, 15) is 4.79 Å². The van der Waals surface area contributed by atoms with Gasteiger partial charge in [-0.3, -0.25) is 4.79 Å². The second kappa shape index (κ2) is 6.25. The van der Waals surface area contributed by atoms with Gasteiger partial charge in [-0.1, -0.05) is 0 Å². The average Bonchev–Trinajstić information content (AvgIpc) is 2.37. The van der Waals surface area contributed by atoms with Gasteiger partial charge in [0.1, 0.15) is 11.5 Å². The Balaban J connectivity index is 2.92. The fourth-order valence-corrected chi connectivity index (χ4v) is 1.43. The van der Waals surface area contributed by atoms with Gasteiger partial charge in [0.15, 0.2) is 5.78 Å². The van der Waals surface area contributed by atoms with Gasteiger partial charge in [0.25, 0.3) is 0 Å². The zero-order valence-corrected chi connectivity index (χ0v) is 10.6. The van der Waals surface area contributed by atoms with E-state index in [0.717, 1.165) is 0 Å². The lowest BCUT2D eigenvalue weighted by Crippen LogP contribution is -2.12. The molecule has 1 aromatic carbocycles. The van der Waals surface area contributed by atoms with Crippen LogP contribution >= 0.6 is 0 Å². The summed E-state index contributed by atoms with van der Waals surface area (Å²) in [6.45, 7) is 1.86. The van der Waals surface area contributed by atoms with E-state index >= 15 is 0 Å². The molecular weight excluding hydrogens is 220 g/mol. The van der Waals surface area contributed by atoms with Crippen LogP contribution in [0, 0.1) is 0 Å². The van der Waals surface area contributed by atoms with Gasteiger partial charge < -0.3 is 14.2 Å². The molecule has 94 valence electrons. The van der Waals surface area contributed by atoms with Crippen molar-refractivity contribution < 1.29 is 19.0 Å². The molecule has 0 fully saturated rings. The molecule has 4 heteroatoms. The summed E-state index contributed by atoms with van der Waals surface area (Å²) in [6, 6.07) is 5.14. The highest BCUT2D eigenvalue weighted by Crippen LogP contribution is 2.23. The van der Waals surface area contributed by atoms with E-state index in [1.807, 2.05) is 6.92 Å². The number of ether oxygens (including phenoxy) is 3. The van der Waals surface area contributed by atoms with Crippen LogP contribution in [0.25, 0.3) is 0 Å². The first-order chi connectivity index (χ1) is 8.10. The number of Topliss-reactive ketones (excluding diaryl/α,β-unsaturated/α-hetero) is 1. The van der Waals surface area contributed by atoms with Crippen LogP contribution in [0.1, 0.15) is 23.7 Å². The molecule has 0 saturated carbocycles. The molecule has 0 heterocycles. The summed E-state index contributed by atoms with van der Waals surface area (Å²) in [5.74, 6) is 1.23. The van der Waals surface area contributed by atoms with Crippen LogP contribution in [0.4, 0.5) is 0 Å². The summed E-state index contributed by atoms with van der Waals surface area (Å²) in [4.78, 5) is 12.0. The third-order valence-electron chi connectivity index (χ3n) is 2.55. The fraction of sp³-hybridized carbons (Fsp3) is 0.462. The number of carbonyl (C=O) groups excluding carboxylic acids is 1. The van der Waals surface area contributed by atoms with E-state index in [0.29, 0.717) is 23.5 Å². The van der Waals surface area contributed by atoms with Crippen LogP contribution in [0.3, 0.4) is 0 Å². The zero-order valence-electron chi connectivity index (χ0n) is 10.6. The van der Waals surface area contributed by atoms with E-state index in [-0.39, 0.29) is 11.9 Å². The Bertz CT molecular complexity index is 365. The van der Waals surface area contributed by atoms with Gasteiger partial charge in [-0.15, -0.1) is 0 Å². The number of hydrogen-bond donors (Lipinski definition) is 0. The van der Waals surface area contributed by atoms with Crippen LogP contribution < -0.4 is 9.47 Å². The summed E-state index contributed by atoms with van der Waals surface area (Å²) in [6.07, 6.45) is 0.243. The number of rotatable bonds is 6. The van der Waals surface area contributed by atoms with Gasteiger partial charge in [0.2, 0.25) is 0 Å².